The van der Waals surface area contributed by atoms with Gasteiger partial charge in [0.25, 0.3) is 5.91 Å². The number of benzene rings is 1. The number of aromatic nitrogens is 3. The zero-order valence-electron chi connectivity index (χ0n) is 17.0. The lowest BCUT2D eigenvalue weighted by molar-refractivity contribution is 0.0701. The molecule has 0 saturated carbocycles. The van der Waals surface area contributed by atoms with E-state index in [4.69, 9.17) is 9.72 Å². The number of carbonyl (C=O) groups is 1. The van der Waals surface area contributed by atoms with Crippen molar-refractivity contribution in [2.45, 2.75) is 50.9 Å². The standard InChI is InChI=1S/C23H23N5O2/c1-3-30-18-11-8-13(2)25-20(18)23(29)27-16-9-10-17(27)22-21(16)28(22)19-12-24-14-6-4-5-7-15(14)26-19/h4-8,11-12,16-17,21-22H,3,9-10H2,1-2H3. The van der Waals surface area contributed by atoms with Gasteiger partial charge in [0.2, 0.25) is 0 Å². The van der Waals surface area contributed by atoms with Gasteiger partial charge in [-0.2, -0.15) is 0 Å². The predicted molar refractivity (Wildman–Crippen MR) is 113 cm³/mol. The van der Waals surface area contributed by atoms with Crippen molar-refractivity contribution in [2.24, 2.45) is 0 Å². The molecule has 3 saturated heterocycles. The average molecular weight is 401 g/mol. The molecule has 7 nitrogen and oxygen atoms in total. The summed E-state index contributed by atoms with van der Waals surface area (Å²) in [6.07, 6.45) is 3.90. The van der Waals surface area contributed by atoms with Gasteiger partial charge in [-0.3, -0.25) is 9.78 Å². The fourth-order valence-electron chi connectivity index (χ4n) is 5.40. The largest absolute Gasteiger partial charge is 0.491 e. The molecule has 3 aromatic rings. The first kappa shape index (κ1) is 17.6. The topological polar surface area (TPSA) is 71.2 Å². The summed E-state index contributed by atoms with van der Waals surface area (Å²) in [4.78, 5) is 31.8. The molecule has 2 aromatic heterocycles. The van der Waals surface area contributed by atoms with E-state index in [1.54, 1.807) is 0 Å². The van der Waals surface area contributed by atoms with E-state index in [9.17, 15) is 4.79 Å². The Hall–Kier alpha value is -3.22. The lowest BCUT2D eigenvalue weighted by Crippen LogP contribution is -2.43. The van der Waals surface area contributed by atoms with E-state index in [-0.39, 0.29) is 18.0 Å². The van der Waals surface area contributed by atoms with Gasteiger partial charge in [0, 0.05) is 5.69 Å². The van der Waals surface area contributed by atoms with Gasteiger partial charge in [-0.1, -0.05) is 12.1 Å². The average Bonchev–Trinajstić information content (AvgIpc) is 3.28. The highest BCUT2D eigenvalue weighted by molar-refractivity contribution is 5.96. The summed E-state index contributed by atoms with van der Waals surface area (Å²) in [5.74, 6) is 1.48. The van der Waals surface area contributed by atoms with Gasteiger partial charge in [0.1, 0.15) is 5.82 Å². The lowest BCUT2D eigenvalue weighted by Gasteiger charge is -2.28. The van der Waals surface area contributed by atoms with Crippen molar-refractivity contribution < 1.29 is 9.53 Å². The molecule has 3 aliphatic heterocycles. The van der Waals surface area contributed by atoms with Crippen molar-refractivity contribution in [3.8, 4) is 5.75 Å². The maximum atomic E-state index is 13.5. The van der Waals surface area contributed by atoms with Crippen molar-refractivity contribution in [3.63, 3.8) is 0 Å². The molecule has 5 heterocycles. The fourth-order valence-corrected chi connectivity index (χ4v) is 5.40. The van der Waals surface area contributed by atoms with Gasteiger partial charge in [0.05, 0.1) is 48.0 Å². The summed E-state index contributed by atoms with van der Waals surface area (Å²) in [5, 5.41) is 0. The first-order valence-electron chi connectivity index (χ1n) is 10.6. The third-order valence-electron chi connectivity index (χ3n) is 6.60. The first-order chi connectivity index (χ1) is 14.7. The molecule has 7 heteroatoms. The van der Waals surface area contributed by atoms with Crippen LogP contribution in [-0.2, 0) is 0 Å². The van der Waals surface area contributed by atoms with Crippen LogP contribution in [0.1, 0.15) is 35.9 Å². The number of aryl methyl sites for hydroxylation is 1. The maximum Gasteiger partial charge on any atom is 0.276 e. The summed E-state index contributed by atoms with van der Waals surface area (Å²) in [6.45, 7) is 4.34. The number of carbonyl (C=O) groups excluding carboxylic acids is 1. The summed E-state index contributed by atoms with van der Waals surface area (Å²) in [5.41, 5.74) is 3.08. The van der Waals surface area contributed by atoms with Crippen LogP contribution in [-0.4, -0.2) is 56.5 Å². The molecule has 30 heavy (non-hydrogen) atoms. The number of pyridine rings is 1. The number of amides is 1. The molecule has 6 rings (SSSR count). The summed E-state index contributed by atoms with van der Waals surface area (Å²) in [7, 11) is 0. The van der Waals surface area contributed by atoms with Crippen LogP contribution in [0.15, 0.2) is 42.6 Å². The Morgan fingerprint density at radius 1 is 1.07 bits per heavy atom. The SMILES string of the molecule is CCOc1ccc(C)nc1C(=O)N1C2CCC1C1C2N1c1cnc2ccccc2n1. The number of hydrogen-bond acceptors (Lipinski definition) is 6. The van der Waals surface area contributed by atoms with Crippen molar-refractivity contribution in [3.05, 3.63) is 54.0 Å². The summed E-state index contributed by atoms with van der Waals surface area (Å²) < 4.78 is 5.69. The normalized spacial score (nSPS) is 26.2. The molecule has 1 amide bonds. The molecule has 152 valence electrons. The van der Waals surface area contributed by atoms with Gasteiger partial charge >= 0.3 is 0 Å². The van der Waals surface area contributed by atoms with Crippen molar-refractivity contribution >= 4 is 22.8 Å². The van der Waals surface area contributed by atoms with Crippen molar-refractivity contribution in [2.75, 3.05) is 11.5 Å². The third kappa shape index (κ3) is 2.44. The quantitative estimate of drug-likeness (QED) is 0.626. The zero-order valence-corrected chi connectivity index (χ0v) is 17.0. The number of fused-ring (bicyclic) bond motifs is 6. The van der Waals surface area contributed by atoms with Gasteiger partial charge in [-0.05, 0) is 51.0 Å². The number of para-hydroxylation sites is 2. The Balaban J connectivity index is 1.29. The van der Waals surface area contributed by atoms with E-state index in [0.717, 1.165) is 35.4 Å². The van der Waals surface area contributed by atoms with Crippen LogP contribution in [0, 0.1) is 6.92 Å². The van der Waals surface area contributed by atoms with Crippen LogP contribution in [0.25, 0.3) is 11.0 Å². The predicted octanol–water partition coefficient (Wildman–Crippen LogP) is 2.98. The second-order valence-corrected chi connectivity index (χ2v) is 8.26. The minimum Gasteiger partial charge on any atom is -0.491 e. The van der Waals surface area contributed by atoms with Crippen molar-refractivity contribution in [1.82, 2.24) is 19.9 Å². The number of piperazine rings is 1. The van der Waals surface area contributed by atoms with E-state index >= 15 is 0 Å². The molecule has 4 atom stereocenters. The molecule has 1 aromatic carbocycles. The fraction of sp³-hybridized carbons (Fsp3) is 0.391. The first-order valence-corrected chi connectivity index (χ1v) is 10.6. The van der Waals surface area contributed by atoms with E-state index in [2.05, 4.69) is 19.8 Å². The molecule has 0 radical (unpaired) electrons. The smallest absolute Gasteiger partial charge is 0.276 e. The molecule has 0 aliphatic carbocycles. The number of hydrogen-bond donors (Lipinski definition) is 0. The number of nitrogens with zero attached hydrogens (tertiary/aromatic N) is 5. The highest BCUT2D eigenvalue weighted by Gasteiger charge is 2.69. The Morgan fingerprint density at radius 3 is 2.53 bits per heavy atom. The van der Waals surface area contributed by atoms with Crippen LogP contribution in [0.4, 0.5) is 5.82 Å². The Bertz CT molecular complexity index is 1150. The highest BCUT2D eigenvalue weighted by Crippen LogP contribution is 2.54. The minimum atomic E-state index is -0.00797. The van der Waals surface area contributed by atoms with E-state index < -0.39 is 0 Å². The Morgan fingerprint density at radius 2 is 1.80 bits per heavy atom. The molecule has 2 bridgehead atoms. The molecule has 3 aliphatic rings. The third-order valence-corrected chi connectivity index (χ3v) is 6.60. The van der Waals surface area contributed by atoms with Crippen LogP contribution in [0.5, 0.6) is 5.75 Å². The molecule has 0 N–H and O–H groups in total. The lowest BCUT2D eigenvalue weighted by atomic mass is 10.0. The van der Waals surface area contributed by atoms with E-state index in [1.807, 2.05) is 56.4 Å². The van der Waals surface area contributed by atoms with Gasteiger partial charge in [-0.25, -0.2) is 9.97 Å². The molecular formula is C23H23N5O2. The van der Waals surface area contributed by atoms with Crippen LogP contribution >= 0.6 is 0 Å². The molecule has 3 fully saturated rings. The molecule has 4 unspecified atom stereocenters. The Labute approximate surface area is 174 Å². The van der Waals surface area contributed by atoms with Gasteiger partial charge in [0.15, 0.2) is 11.4 Å². The Kier molecular flexibility index (Phi) is 3.75. The van der Waals surface area contributed by atoms with E-state index in [0.29, 0.717) is 30.1 Å². The number of rotatable bonds is 4. The van der Waals surface area contributed by atoms with Crippen LogP contribution in [0.2, 0.25) is 0 Å². The second-order valence-electron chi connectivity index (χ2n) is 8.26. The van der Waals surface area contributed by atoms with E-state index in [1.165, 1.54) is 0 Å². The molecular weight excluding hydrogens is 378 g/mol. The van der Waals surface area contributed by atoms with Crippen LogP contribution in [0.3, 0.4) is 0 Å². The summed E-state index contributed by atoms with van der Waals surface area (Å²) in [6, 6.07) is 12.7. The number of anilines is 1. The van der Waals surface area contributed by atoms with Gasteiger partial charge in [-0.15, -0.1) is 0 Å². The zero-order chi connectivity index (χ0) is 20.4. The molecule has 0 spiro atoms. The minimum absolute atomic E-state index is 0.00797. The highest BCUT2D eigenvalue weighted by atomic mass is 16.5. The second kappa shape index (κ2) is 6.39. The van der Waals surface area contributed by atoms with Gasteiger partial charge < -0.3 is 14.5 Å². The van der Waals surface area contributed by atoms with Crippen LogP contribution < -0.4 is 9.64 Å². The monoisotopic (exact) mass is 401 g/mol. The van der Waals surface area contributed by atoms with Crippen molar-refractivity contribution in [1.29, 1.82) is 0 Å². The maximum absolute atomic E-state index is 13.5. The number of ether oxygens (including phenoxy) is 1. The summed E-state index contributed by atoms with van der Waals surface area (Å²) >= 11 is 0.